The highest BCUT2D eigenvalue weighted by Gasteiger charge is 2.21. The first-order valence-electron chi connectivity index (χ1n) is 9.17. The van der Waals surface area contributed by atoms with Gasteiger partial charge in [0.2, 0.25) is 5.43 Å². The number of nitrogens with zero attached hydrogens (tertiary/aromatic N) is 1. The van der Waals surface area contributed by atoms with Gasteiger partial charge in [-0.15, -0.1) is 0 Å². The largest absolute Gasteiger partial charge is 0.507 e. The number of fused-ring (bicyclic) bond motifs is 1. The Kier molecular flexibility index (Phi) is 4.51. The van der Waals surface area contributed by atoms with E-state index < -0.39 is 0 Å². The normalized spacial score (nSPS) is 18.3. The van der Waals surface area contributed by atoms with E-state index in [4.69, 9.17) is 4.42 Å². The van der Waals surface area contributed by atoms with Crippen molar-refractivity contribution >= 4 is 11.0 Å². The molecule has 1 N–H and O–H groups in total. The fourth-order valence-electron chi connectivity index (χ4n) is 3.87. The zero-order chi connectivity index (χ0) is 18.1. The first-order chi connectivity index (χ1) is 12.6. The van der Waals surface area contributed by atoms with Crippen molar-refractivity contribution in [2.45, 2.75) is 26.3 Å². The zero-order valence-corrected chi connectivity index (χ0v) is 14.9. The van der Waals surface area contributed by atoms with Crippen LogP contribution in [0.25, 0.3) is 22.1 Å². The Morgan fingerprint density at radius 1 is 1.19 bits per heavy atom. The molecule has 0 spiro atoms. The van der Waals surface area contributed by atoms with Crippen molar-refractivity contribution in [3.8, 4) is 16.9 Å². The number of rotatable bonds is 3. The van der Waals surface area contributed by atoms with Crippen LogP contribution in [0.1, 0.15) is 25.3 Å². The Balaban J connectivity index is 1.78. The average molecular weight is 349 g/mol. The van der Waals surface area contributed by atoms with Crippen molar-refractivity contribution < 1.29 is 9.52 Å². The van der Waals surface area contributed by atoms with E-state index in [1.54, 1.807) is 12.1 Å². The number of phenolic OH excluding ortho intramolecular Hbond substituents is 1. The molecule has 0 aliphatic carbocycles. The lowest BCUT2D eigenvalue weighted by Crippen LogP contribution is -2.33. The van der Waals surface area contributed by atoms with E-state index in [-0.39, 0.29) is 11.2 Å². The monoisotopic (exact) mass is 349 g/mol. The molecule has 0 amide bonds. The maximum absolute atomic E-state index is 13.0. The van der Waals surface area contributed by atoms with E-state index in [0.717, 1.165) is 25.1 Å². The molecular weight excluding hydrogens is 326 g/mol. The molecule has 134 valence electrons. The fourth-order valence-corrected chi connectivity index (χ4v) is 3.87. The van der Waals surface area contributed by atoms with Crippen LogP contribution < -0.4 is 5.43 Å². The molecule has 1 atom stereocenters. The molecule has 0 radical (unpaired) electrons. The van der Waals surface area contributed by atoms with Crippen LogP contribution in [0.4, 0.5) is 0 Å². The maximum atomic E-state index is 13.0. The summed E-state index contributed by atoms with van der Waals surface area (Å²) in [6, 6.07) is 12.8. The molecule has 0 unspecified atom stereocenters. The first-order valence-corrected chi connectivity index (χ1v) is 9.17. The predicted molar refractivity (Wildman–Crippen MR) is 103 cm³/mol. The van der Waals surface area contributed by atoms with E-state index in [0.29, 0.717) is 34.6 Å². The molecule has 1 aliphatic rings. The minimum Gasteiger partial charge on any atom is -0.507 e. The number of phenols is 1. The van der Waals surface area contributed by atoms with Crippen molar-refractivity contribution in [1.82, 2.24) is 4.90 Å². The Labute approximate surface area is 152 Å². The second-order valence-electron chi connectivity index (χ2n) is 7.27. The van der Waals surface area contributed by atoms with E-state index >= 15 is 0 Å². The second-order valence-corrected chi connectivity index (χ2v) is 7.27. The van der Waals surface area contributed by atoms with Gasteiger partial charge in [0.05, 0.1) is 16.5 Å². The van der Waals surface area contributed by atoms with Gasteiger partial charge in [-0.2, -0.15) is 0 Å². The van der Waals surface area contributed by atoms with Crippen molar-refractivity contribution in [2.24, 2.45) is 5.92 Å². The topological polar surface area (TPSA) is 53.7 Å². The zero-order valence-electron chi connectivity index (χ0n) is 14.9. The lowest BCUT2D eigenvalue weighted by atomic mass is 9.99. The van der Waals surface area contributed by atoms with Gasteiger partial charge >= 0.3 is 0 Å². The van der Waals surface area contributed by atoms with Gasteiger partial charge in [-0.05, 0) is 43.0 Å². The summed E-state index contributed by atoms with van der Waals surface area (Å²) in [4.78, 5) is 15.3. The summed E-state index contributed by atoms with van der Waals surface area (Å²) in [6.45, 7) is 4.86. The summed E-state index contributed by atoms with van der Waals surface area (Å²) in [5, 5.41) is 10.9. The van der Waals surface area contributed by atoms with Crippen molar-refractivity contribution in [1.29, 1.82) is 0 Å². The third-order valence-corrected chi connectivity index (χ3v) is 5.23. The van der Waals surface area contributed by atoms with Crippen LogP contribution in [0.3, 0.4) is 0 Å². The Bertz CT molecular complexity index is 978. The Morgan fingerprint density at radius 3 is 2.77 bits per heavy atom. The summed E-state index contributed by atoms with van der Waals surface area (Å²) in [7, 11) is 0. The highest BCUT2D eigenvalue weighted by molar-refractivity contribution is 5.85. The fraction of sp³-hybridized carbons (Fsp3) is 0.318. The Morgan fingerprint density at radius 2 is 2.00 bits per heavy atom. The number of hydrogen-bond donors (Lipinski definition) is 1. The standard InChI is InChI=1S/C22H23NO3/c1-15-6-5-11-23(12-15)13-18-20(24)10-9-17-21(25)19(14-26-22(17)18)16-7-3-2-4-8-16/h2-4,7-10,14-15,24H,5-6,11-13H2,1H3/t15-/m1/s1. The average Bonchev–Trinajstić information content (AvgIpc) is 2.65. The van der Waals surface area contributed by atoms with Gasteiger partial charge in [-0.1, -0.05) is 37.3 Å². The molecule has 1 fully saturated rings. The third kappa shape index (κ3) is 3.13. The molecule has 1 saturated heterocycles. The Hall–Kier alpha value is -2.59. The number of likely N-dealkylation sites (tertiary alicyclic amines) is 1. The molecule has 3 aromatic rings. The van der Waals surface area contributed by atoms with Crippen LogP contribution >= 0.6 is 0 Å². The quantitative estimate of drug-likeness (QED) is 0.761. The van der Waals surface area contributed by atoms with Gasteiger partial charge in [-0.3, -0.25) is 9.69 Å². The van der Waals surface area contributed by atoms with E-state index in [1.165, 1.54) is 12.7 Å². The van der Waals surface area contributed by atoms with Crippen molar-refractivity contribution in [3.63, 3.8) is 0 Å². The molecule has 2 aromatic carbocycles. The molecule has 1 aliphatic heterocycles. The number of aromatic hydroxyl groups is 1. The van der Waals surface area contributed by atoms with Crippen LogP contribution in [0, 0.1) is 5.92 Å². The lowest BCUT2D eigenvalue weighted by molar-refractivity contribution is 0.175. The van der Waals surface area contributed by atoms with Gasteiger partial charge in [0.25, 0.3) is 0 Å². The van der Waals surface area contributed by atoms with Gasteiger partial charge in [0.15, 0.2) is 0 Å². The lowest BCUT2D eigenvalue weighted by Gasteiger charge is -2.31. The van der Waals surface area contributed by atoms with Crippen LogP contribution in [-0.2, 0) is 6.54 Å². The highest BCUT2D eigenvalue weighted by Crippen LogP contribution is 2.30. The minimum atomic E-state index is -0.0642. The maximum Gasteiger partial charge on any atom is 0.200 e. The number of hydrogen-bond acceptors (Lipinski definition) is 4. The molecule has 4 nitrogen and oxygen atoms in total. The van der Waals surface area contributed by atoms with Gasteiger partial charge in [0.1, 0.15) is 17.6 Å². The van der Waals surface area contributed by atoms with E-state index in [9.17, 15) is 9.90 Å². The second kappa shape index (κ2) is 6.96. The molecule has 0 bridgehead atoms. The molecule has 1 aromatic heterocycles. The summed E-state index contributed by atoms with van der Waals surface area (Å²) in [6.07, 6.45) is 3.92. The van der Waals surface area contributed by atoms with Gasteiger partial charge in [-0.25, -0.2) is 0 Å². The van der Waals surface area contributed by atoms with Crippen molar-refractivity contribution in [3.05, 3.63) is 64.5 Å². The van der Waals surface area contributed by atoms with Gasteiger partial charge in [0, 0.05) is 13.1 Å². The molecule has 4 heteroatoms. The molecular formula is C22H23NO3. The molecule has 0 saturated carbocycles. The SMILES string of the molecule is C[C@@H]1CCCN(Cc2c(O)ccc3c(=O)c(-c4ccccc4)coc23)C1. The third-order valence-electron chi connectivity index (χ3n) is 5.23. The first kappa shape index (κ1) is 16.9. The molecule has 4 rings (SSSR count). The van der Waals surface area contributed by atoms with E-state index in [2.05, 4.69) is 11.8 Å². The summed E-state index contributed by atoms with van der Waals surface area (Å²) in [5.41, 5.74) is 2.51. The summed E-state index contributed by atoms with van der Waals surface area (Å²) in [5.74, 6) is 0.837. The smallest absolute Gasteiger partial charge is 0.200 e. The summed E-state index contributed by atoms with van der Waals surface area (Å²) < 4.78 is 5.87. The van der Waals surface area contributed by atoms with Crippen LogP contribution in [0.5, 0.6) is 5.75 Å². The molecule has 2 heterocycles. The molecule has 26 heavy (non-hydrogen) atoms. The predicted octanol–water partition coefficient (Wildman–Crippen LogP) is 4.40. The van der Waals surface area contributed by atoms with Crippen LogP contribution in [0.2, 0.25) is 0 Å². The van der Waals surface area contributed by atoms with Gasteiger partial charge < -0.3 is 9.52 Å². The highest BCUT2D eigenvalue weighted by atomic mass is 16.3. The van der Waals surface area contributed by atoms with Crippen LogP contribution in [-0.4, -0.2) is 23.1 Å². The minimum absolute atomic E-state index is 0.0642. The van der Waals surface area contributed by atoms with Crippen molar-refractivity contribution in [2.75, 3.05) is 13.1 Å². The summed E-state index contributed by atoms with van der Waals surface area (Å²) >= 11 is 0. The number of piperidine rings is 1. The van der Waals surface area contributed by atoms with Crippen LogP contribution in [0.15, 0.2) is 57.9 Å². The number of benzene rings is 2. The van der Waals surface area contributed by atoms with E-state index in [1.807, 2.05) is 30.3 Å².